The highest BCUT2D eigenvalue weighted by Gasteiger charge is 2.35. The lowest BCUT2D eigenvalue weighted by atomic mass is 9.83. The Labute approximate surface area is 164 Å². The van der Waals surface area contributed by atoms with E-state index in [0.717, 1.165) is 18.9 Å². The number of hydrogen-bond donors (Lipinski definition) is 2. The number of amides is 1. The topological polar surface area (TPSA) is 41.1 Å². The summed E-state index contributed by atoms with van der Waals surface area (Å²) in [4.78, 5) is 12.3. The van der Waals surface area contributed by atoms with E-state index in [2.05, 4.69) is 10.6 Å². The van der Waals surface area contributed by atoms with Crippen molar-refractivity contribution in [3.8, 4) is 0 Å². The summed E-state index contributed by atoms with van der Waals surface area (Å²) in [6, 6.07) is 6.46. The second kappa shape index (κ2) is 8.39. The van der Waals surface area contributed by atoms with Gasteiger partial charge in [-0.2, -0.15) is 13.2 Å². The minimum absolute atomic E-state index is 0. The Morgan fingerprint density at radius 3 is 2.33 bits per heavy atom. The number of nitrogens with one attached hydrogen (secondary N) is 2. The van der Waals surface area contributed by atoms with Gasteiger partial charge >= 0.3 is 6.18 Å². The number of alkyl halides is 3. The van der Waals surface area contributed by atoms with Crippen molar-refractivity contribution in [2.24, 2.45) is 5.92 Å². The van der Waals surface area contributed by atoms with Crippen molar-refractivity contribution < 1.29 is 18.0 Å². The van der Waals surface area contributed by atoms with E-state index in [9.17, 15) is 18.0 Å². The van der Waals surface area contributed by atoms with E-state index in [-0.39, 0.29) is 18.3 Å². The fraction of sp³-hybridized carbons (Fsp3) is 0.650. The van der Waals surface area contributed by atoms with E-state index in [1.54, 1.807) is 6.07 Å². The maximum atomic E-state index is 12.9. The molecule has 0 saturated carbocycles. The lowest BCUT2D eigenvalue weighted by Crippen LogP contribution is -2.41. The van der Waals surface area contributed by atoms with Crippen LogP contribution in [0.25, 0.3) is 0 Å². The Hall–Kier alpha value is -1.27. The summed E-state index contributed by atoms with van der Waals surface area (Å²) in [5.41, 5.74) is -0.642. The predicted octanol–water partition coefficient (Wildman–Crippen LogP) is 4.44. The number of rotatable bonds is 5. The molecule has 1 amide bonds. The summed E-state index contributed by atoms with van der Waals surface area (Å²) in [7, 11) is 0. The quantitative estimate of drug-likeness (QED) is 0.761. The smallest absolute Gasteiger partial charge is 0.355 e. The maximum Gasteiger partial charge on any atom is 0.416 e. The van der Waals surface area contributed by atoms with Crippen molar-refractivity contribution in [1.82, 2.24) is 10.6 Å². The van der Waals surface area contributed by atoms with Crippen molar-refractivity contribution in [3.63, 3.8) is 0 Å². The highest BCUT2D eigenvalue weighted by Crippen LogP contribution is 2.34. The zero-order valence-corrected chi connectivity index (χ0v) is 16.6. The molecule has 27 heavy (non-hydrogen) atoms. The Bertz CT molecular complexity index is 651. The molecule has 7 heteroatoms. The first-order valence-corrected chi connectivity index (χ1v) is 9.34. The second-order valence-electron chi connectivity index (χ2n) is 8.42. The molecule has 0 aliphatic carbocycles. The molecule has 1 aromatic rings. The van der Waals surface area contributed by atoms with E-state index >= 15 is 0 Å². The molecule has 2 bridgehead atoms. The maximum absolute atomic E-state index is 12.9. The largest absolute Gasteiger partial charge is 0.416 e. The van der Waals surface area contributed by atoms with Crippen LogP contribution in [0.5, 0.6) is 0 Å². The Morgan fingerprint density at radius 2 is 1.74 bits per heavy atom. The molecule has 2 aliphatic heterocycles. The van der Waals surface area contributed by atoms with Gasteiger partial charge < -0.3 is 10.6 Å². The van der Waals surface area contributed by atoms with Gasteiger partial charge in [0.1, 0.15) is 0 Å². The predicted molar refractivity (Wildman–Crippen MR) is 102 cm³/mol. The molecule has 2 aliphatic rings. The van der Waals surface area contributed by atoms with Crippen molar-refractivity contribution in [2.45, 2.75) is 69.6 Å². The van der Waals surface area contributed by atoms with Gasteiger partial charge in [-0.1, -0.05) is 32.0 Å². The van der Waals surface area contributed by atoms with Gasteiger partial charge in [-0.25, -0.2) is 0 Å². The third-order valence-corrected chi connectivity index (χ3v) is 5.74. The van der Waals surface area contributed by atoms with E-state index in [4.69, 9.17) is 0 Å². The molecule has 3 rings (SSSR count). The molecule has 2 N–H and O–H groups in total. The van der Waals surface area contributed by atoms with E-state index < -0.39 is 17.2 Å². The lowest BCUT2D eigenvalue weighted by molar-refractivity contribution is -0.137. The minimum Gasteiger partial charge on any atom is -0.355 e. The van der Waals surface area contributed by atoms with Crippen LogP contribution in [0.15, 0.2) is 24.3 Å². The zero-order chi connectivity index (χ0) is 18.9. The molecule has 2 unspecified atom stereocenters. The average Bonchev–Trinajstić information content (AvgIpc) is 2.91. The standard InChI is InChI=1S/C20H27F3N2O.ClH/c1-19(2,14-4-3-5-15(11-14)20(21,22)23)12-24-18(26)10-13-8-16-6-7-17(9-13)25-16;/h3-5,11,13,16-17,25H,6-10,12H2,1-2H3,(H,24,26);1H. The summed E-state index contributed by atoms with van der Waals surface area (Å²) in [6.45, 7) is 4.03. The van der Waals surface area contributed by atoms with Crippen molar-refractivity contribution in [2.75, 3.05) is 6.54 Å². The number of carbonyl (C=O) groups is 1. The van der Waals surface area contributed by atoms with Gasteiger partial charge in [0, 0.05) is 30.5 Å². The molecule has 2 fully saturated rings. The van der Waals surface area contributed by atoms with E-state index in [1.807, 2.05) is 13.8 Å². The van der Waals surface area contributed by atoms with Crippen LogP contribution >= 0.6 is 12.4 Å². The molecular weight excluding hydrogens is 377 g/mol. The van der Waals surface area contributed by atoms with E-state index in [1.165, 1.54) is 25.0 Å². The lowest BCUT2D eigenvalue weighted by Gasteiger charge is -2.30. The van der Waals surface area contributed by atoms with E-state index in [0.29, 0.717) is 36.5 Å². The van der Waals surface area contributed by atoms with Crippen molar-refractivity contribution >= 4 is 18.3 Å². The molecule has 2 heterocycles. The van der Waals surface area contributed by atoms with Crippen LogP contribution in [0.1, 0.15) is 57.1 Å². The normalized spacial score (nSPS) is 25.0. The SMILES string of the molecule is CC(C)(CNC(=O)CC1CC2CCC(C1)N2)c1cccc(C(F)(F)F)c1.Cl. The summed E-state index contributed by atoms with van der Waals surface area (Å²) >= 11 is 0. The van der Waals surface area contributed by atoms with Crippen LogP contribution < -0.4 is 10.6 Å². The first kappa shape index (κ1) is 22.0. The van der Waals surface area contributed by atoms with Crippen LogP contribution in [0.3, 0.4) is 0 Å². The molecular formula is C20H28ClF3N2O. The second-order valence-corrected chi connectivity index (χ2v) is 8.42. The summed E-state index contributed by atoms with van der Waals surface area (Å²) < 4.78 is 38.8. The highest BCUT2D eigenvalue weighted by atomic mass is 35.5. The first-order chi connectivity index (χ1) is 12.1. The molecule has 0 radical (unpaired) electrons. The molecule has 152 valence electrons. The summed E-state index contributed by atoms with van der Waals surface area (Å²) in [6.07, 6.45) is 0.635. The zero-order valence-electron chi connectivity index (χ0n) is 15.7. The van der Waals surface area contributed by atoms with Gasteiger partial charge in [0.25, 0.3) is 0 Å². The van der Waals surface area contributed by atoms with Gasteiger partial charge in [0.15, 0.2) is 0 Å². The fourth-order valence-electron chi connectivity index (χ4n) is 4.21. The Morgan fingerprint density at radius 1 is 1.15 bits per heavy atom. The Balaban J connectivity index is 0.00000261. The van der Waals surface area contributed by atoms with Gasteiger partial charge in [0.2, 0.25) is 5.91 Å². The molecule has 1 aromatic carbocycles. The fourth-order valence-corrected chi connectivity index (χ4v) is 4.21. The number of benzene rings is 1. The highest BCUT2D eigenvalue weighted by molar-refractivity contribution is 5.85. The van der Waals surface area contributed by atoms with Crippen LogP contribution in [-0.2, 0) is 16.4 Å². The van der Waals surface area contributed by atoms with Crippen LogP contribution in [-0.4, -0.2) is 24.5 Å². The summed E-state index contributed by atoms with van der Waals surface area (Å²) in [5, 5.41) is 6.50. The average molecular weight is 405 g/mol. The molecule has 0 aromatic heterocycles. The van der Waals surface area contributed by atoms with Gasteiger partial charge in [-0.15, -0.1) is 12.4 Å². The third kappa shape index (κ3) is 5.61. The summed E-state index contributed by atoms with van der Waals surface area (Å²) in [5.74, 6) is 0.404. The molecule has 2 saturated heterocycles. The van der Waals surface area contributed by atoms with Gasteiger partial charge in [-0.05, 0) is 43.2 Å². The van der Waals surface area contributed by atoms with Crippen LogP contribution in [0, 0.1) is 5.92 Å². The number of carbonyl (C=O) groups excluding carboxylic acids is 1. The van der Waals surface area contributed by atoms with Crippen LogP contribution in [0.4, 0.5) is 13.2 Å². The monoisotopic (exact) mass is 404 g/mol. The van der Waals surface area contributed by atoms with Crippen molar-refractivity contribution in [1.29, 1.82) is 0 Å². The Kier molecular flexibility index (Phi) is 6.85. The number of halogens is 4. The molecule has 0 spiro atoms. The minimum atomic E-state index is -4.36. The number of fused-ring (bicyclic) bond motifs is 2. The third-order valence-electron chi connectivity index (χ3n) is 5.74. The first-order valence-electron chi connectivity index (χ1n) is 9.34. The number of piperidine rings is 1. The van der Waals surface area contributed by atoms with Gasteiger partial charge in [-0.3, -0.25) is 4.79 Å². The van der Waals surface area contributed by atoms with Crippen molar-refractivity contribution in [3.05, 3.63) is 35.4 Å². The van der Waals surface area contributed by atoms with Gasteiger partial charge in [0.05, 0.1) is 5.56 Å². The van der Waals surface area contributed by atoms with Crippen LogP contribution in [0.2, 0.25) is 0 Å². The molecule has 2 atom stereocenters. The number of hydrogen-bond acceptors (Lipinski definition) is 2. The molecule has 3 nitrogen and oxygen atoms in total.